The second kappa shape index (κ2) is 6.02. The van der Waals surface area contributed by atoms with E-state index in [9.17, 15) is 9.59 Å². The Bertz CT molecular complexity index is 418. The Morgan fingerprint density at radius 1 is 1.53 bits per heavy atom. The van der Waals surface area contributed by atoms with E-state index in [4.69, 9.17) is 15.6 Å². The van der Waals surface area contributed by atoms with E-state index in [0.29, 0.717) is 18.4 Å². The Labute approximate surface area is 113 Å². The third kappa shape index (κ3) is 5.26. The number of carbonyl (C=O) groups is 2. The van der Waals surface area contributed by atoms with Gasteiger partial charge >= 0.3 is 11.9 Å². The van der Waals surface area contributed by atoms with Crippen molar-refractivity contribution in [2.45, 2.75) is 45.3 Å². The summed E-state index contributed by atoms with van der Waals surface area (Å²) in [6, 6.07) is -0.869. The first-order valence-electron chi connectivity index (χ1n) is 6.29. The molecule has 3 N–H and O–H groups in total. The van der Waals surface area contributed by atoms with Crippen LogP contribution < -0.4 is 5.73 Å². The van der Waals surface area contributed by atoms with Crippen molar-refractivity contribution in [1.29, 1.82) is 0 Å². The molecule has 0 aliphatic heterocycles. The van der Waals surface area contributed by atoms with Crippen LogP contribution in [0.3, 0.4) is 0 Å². The van der Waals surface area contributed by atoms with Crippen LogP contribution in [0.4, 0.5) is 0 Å². The average molecular weight is 267 g/mol. The Morgan fingerprint density at radius 2 is 2.16 bits per heavy atom. The summed E-state index contributed by atoms with van der Waals surface area (Å²) in [5, 5.41) is 8.74. The highest BCUT2D eigenvalue weighted by molar-refractivity contribution is 5.92. The maximum Gasteiger partial charge on any atom is 0.338 e. The van der Waals surface area contributed by atoms with Crippen molar-refractivity contribution in [3.05, 3.63) is 23.8 Å². The predicted molar refractivity (Wildman–Crippen MR) is 71.4 cm³/mol. The number of ether oxygens (including phenoxy) is 1. The van der Waals surface area contributed by atoms with E-state index in [1.54, 1.807) is 12.2 Å². The van der Waals surface area contributed by atoms with Gasteiger partial charge in [-0.3, -0.25) is 4.79 Å². The van der Waals surface area contributed by atoms with Crippen molar-refractivity contribution in [1.82, 2.24) is 0 Å². The van der Waals surface area contributed by atoms with E-state index in [-0.39, 0.29) is 11.9 Å². The minimum absolute atomic E-state index is 0.0530. The molecule has 0 saturated carbocycles. The van der Waals surface area contributed by atoms with Crippen molar-refractivity contribution >= 4 is 11.9 Å². The van der Waals surface area contributed by atoms with Gasteiger partial charge in [0.15, 0.2) is 0 Å². The van der Waals surface area contributed by atoms with Crippen LogP contribution in [0.5, 0.6) is 0 Å². The summed E-state index contributed by atoms with van der Waals surface area (Å²) in [7, 11) is 0. The number of carboxylic acid groups (broad SMARTS) is 1. The molecule has 1 unspecified atom stereocenters. The first-order valence-corrected chi connectivity index (χ1v) is 6.29. The van der Waals surface area contributed by atoms with Crippen LogP contribution in [0.2, 0.25) is 0 Å². The summed E-state index contributed by atoms with van der Waals surface area (Å²) in [6.07, 6.45) is 6.24. The second-order valence-corrected chi connectivity index (χ2v) is 5.70. The molecule has 1 rings (SSSR count). The van der Waals surface area contributed by atoms with Crippen LogP contribution >= 0.6 is 0 Å². The molecular weight excluding hydrogens is 246 g/mol. The fourth-order valence-electron chi connectivity index (χ4n) is 1.75. The lowest BCUT2D eigenvalue weighted by Crippen LogP contribution is -2.32. The summed E-state index contributed by atoms with van der Waals surface area (Å²) in [6.45, 7) is 5.44. The van der Waals surface area contributed by atoms with Crippen LogP contribution in [0.15, 0.2) is 23.8 Å². The molecule has 0 radical (unpaired) electrons. The van der Waals surface area contributed by atoms with Gasteiger partial charge in [-0.25, -0.2) is 4.79 Å². The monoisotopic (exact) mass is 267 g/mol. The number of esters is 1. The number of rotatable bonds is 4. The minimum atomic E-state index is -1.00. The molecule has 0 aromatic heterocycles. The van der Waals surface area contributed by atoms with Gasteiger partial charge in [0.2, 0.25) is 0 Å². The number of carbonyl (C=O) groups excluding carboxylic acids is 1. The van der Waals surface area contributed by atoms with Gasteiger partial charge in [0.05, 0.1) is 5.57 Å². The first-order chi connectivity index (χ1) is 8.69. The summed E-state index contributed by atoms with van der Waals surface area (Å²) in [5.74, 6) is -1.31. The average Bonchev–Trinajstić information content (AvgIpc) is 2.27. The van der Waals surface area contributed by atoms with Gasteiger partial charge in [-0.05, 0) is 39.5 Å². The Balaban J connectivity index is 2.53. The number of carboxylic acids is 1. The van der Waals surface area contributed by atoms with Crippen molar-refractivity contribution in [2.75, 3.05) is 0 Å². The Hall–Kier alpha value is -1.62. The second-order valence-electron chi connectivity index (χ2n) is 5.70. The van der Waals surface area contributed by atoms with Crippen LogP contribution in [-0.4, -0.2) is 28.7 Å². The van der Waals surface area contributed by atoms with Crippen molar-refractivity contribution < 1.29 is 19.4 Å². The number of hydrogen-bond donors (Lipinski definition) is 2. The highest BCUT2D eigenvalue weighted by Crippen LogP contribution is 2.22. The van der Waals surface area contributed by atoms with Crippen molar-refractivity contribution in [2.24, 2.45) is 11.7 Å². The van der Waals surface area contributed by atoms with Crippen molar-refractivity contribution in [3.63, 3.8) is 0 Å². The van der Waals surface area contributed by atoms with E-state index in [1.165, 1.54) is 0 Å². The third-order valence-corrected chi connectivity index (χ3v) is 2.70. The molecule has 1 aliphatic carbocycles. The molecule has 0 fully saturated rings. The highest BCUT2D eigenvalue weighted by atomic mass is 16.6. The molecule has 2 atom stereocenters. The molecule has 0 aromatic carbocycles. The maximum atomic E-state index is 11.8. The van der Waals surface area contributed by atoms with Gasteiger partial charge in [-0.1, -0.05) is 18.2 Å². The highest BCUT2D eigenvalue weighted by Gasteiger charge is 2.22. The van der Waals surface area contributed by atoms with E-state index in [0.717, 1.165) is 0 Å². The van der Waals surface area contributed by atoms with Crippen LogP contribution in [0.25, 0.3) is 0 Å². The molecular formula is C14H21NO4. The summed E-state index contributed by atoms with van der Waals surface area (Å²) in [4.78, 5) is 22.5. The van der Waals surface area contributed by atoms with Crippen LogP contribution in [0, 0.1) is 5.92 Å². The fraction of sp³-hybridized carbons (Fsp3) is 0.571. The van der Waals surface area contributed by atoms with Gasteiger partial charge in [0.1, 0.15) is 11.6 Å². The summed E-state index contributed by atoms with van der Waals surface area (Å²) in [5.41, 5.74) is 5.47. The van der Waals surface area contributed by atoms with E-state index < -0.39 is 17.6 Å². The topological polar surface area (TPSA) is 89.6 Å². The predicted octanol–water partition coefficient (Wildman–Crippen LogP) is 1.63. The molecule has 106 valence electrons. The lowest BCUT2D eigenvalue weighted by molar-refractivity contribution is -0.149. The lowest BCUT2D eigenvalue weighted by atomic mass is 9.91. The van der Waals surface area contributed by atoms with Gasteiger partial charge in [-0.15, -0.1) is 0 Å². The van der Waals surface area contributed by atoms with Gasteiger partial charge in [-0.2, -0.15) is 0 Å². The molecule has 0 saturated heterocycles. The normalized spacial score (nSPS) is 20.6. The lowest BCUT2D eigenvalue weighted by Gasteiger charge is -2.22. The maximum absolute atomic E-state index is 11.8. The zero-order valence-electron chi connectivity index (χ0n) is 11.6. The molecule has 0 amide bonds. The molecule has 5 heteroatoms. The van der Waals surface area contributed by atoms with Gasteiger partial charge in [0.25, 0.3) is 0 Å². The smallest absolute Gasteiger partial charge is 0.338 e. The van der Waals surface area contributed by atoms with Crippen LogP contribution in [-0.2, 0) is 14.3 Å². The number of hydrogen-bond acceptors (Lipinski definition) is 4. The standard InChI is InChI=1S/C14H21NO4/c1-14(2,3)19-13(18)10-6-4-9(5-7-10)8-11(15)12(16)17/h4,6-7,9,11H,5,8,15H2,1-3H3,(H,16,17)/t9?,11-/m0/s1. The molecule has 0 spiro atoms. The zero-order valence-corrected chi connectivity index (χ0v) is 11.6. The van der Waals surface area contributed by atoms with E-state index in [2.05, 4.69) is 0 Å². The molecule has 5 nitrogen and oxygen atoms in total. The van der Waals surface area contributed by atoms with Gasteiger partial charge < -0.3 is 15.6 Å². The zero-order chi connectivity index (χ0) is 14.6. The molecule has 0 heterocycles. The molecule has 1 aliphatic rings. The Kier molecular flexibility index (Phi) is 4.89. The third-order valence-electron chi connectivity index (χ3n) is 2.70. The number of aliphatic carboxylic acids is 1. The molecule has 19 heavy (non-hydrogen) atoms. The minimum Gasteiger partial charge on any atom is -0.480 e. The SMILES string of the molecule is CC(C)(C)OC(=O)C1=CCC(C[C@H](N)C(=O)O)C=C1. The largest absolute Gasteiger partial charge is 0.480 e. The molecule has 0 bridgehead atoms. The first kappa shape index (κ1) is 15.4. The molecule has 0 aromatic rings. The Morgan fingerprint density at radius 3 is 2.58 bits per heavy atom. The summed E-state index contributed by atoms with van der Waals surface area (Å²) < 4.78 is 5.25. The number of allylic oxidation sites excluding steroid dienone is 2. The number of nitrogens with two attached hydrogens (primary N) is 1. The van der Waals surface area contributed by atoms with E-state index in [1.807, 2.05) is 26.8 Å². The summed E-state index contributed by atoms with van der Waals surface area (Å²) >= 11 is 0. The fourth-order valence-corrected chi connectivity index (χ4v) is 1.75. The van der Waals surface area contributed by atoms with Crippen LogP contribution in [0.1, 0.15) is 33.6 Å². The quantitative estimate of drug-likeness (QED) is 0.756. The van der Waals surface area contributed by atoms with Gasteiger partial charge in [0, 0.05) is 0 Å². The van der Waals surface area contributed by atoms with Crippen molar-refractivity contribution in [3.8, 4) is 0 Å². The van der Waals surface area contributed by atoms with E-state index >= 15 is 0 Å².